The fourth-order valence-electron chi connectivity index (χ4n) is 5.30. The number of nitrogens with one attached hydrogen (secondary N) is 1. The summed E-state index contributed by atoms with van der Waals surface area (Å²) < 4.78 is 38.8. The van der Waals surface area contributed by atoms with Crippen LogP contribution >= 0.6 is 11.6 Å². The fraction of sp³-hybridized carbons (Fsp3) is 0.323. The number of amides is 2. The van der Waals surface area contributed by atoms with Gasteiger partial charge >= 0.3 is 0 Å². The lowest BCUT2D eigenvalue weighted by atomic mass is 9.98. The van der Waals surface area contributed by atoms with Gasteiger partial charge in [0.25, 0.3) is 11.8 Å². The van der Waals surface area contributed by atoms with E-state index in [1.54, 1.807) is 29.7 Å². The van der Waals surface area contributed by atoms with E-state index >= 15 is 8.78 Å². The Morgan fingerprint density at radius 2 is 1.80 bits per heavy atom. The summed E-state index contributed by atoms with van der Waals surface area (Å²) in [7, 11) is 3.09. The molecule has 0 unspecified atom stereocenters. The first-order chi connectivity index (χ1) is 21.1. The van der Waals surface area contributed by atoms with Crippen molar-refractivity contribution in [3.63, 3.8) is 0 Å². The Balaban J connectivity index is 1.32. The zero-order valence-corrected chi connectivity index (χ0v) is 25.2. The van der Waals surface area contributed by atoms with Crippen molar-refractivity contribution >= 4 is 35.4 Å². The molecule has 0 aliphatic carbocycles. The van der Waals surface area contributed by atoms with E-state index in [1.807, 2.05) is 0 Å². The highest BCUT2D eigenvalue weighted by atomic mass is 35.5. The van der Waals surface area contributed by atoms with Crippen LogP contribution < -0.4 is 5.32 Å². The van der Waals surface area contributed by atoms with Gasteiger partial charge in [-0.1, -0.05) is 17.7 Å². The average molecular weight is 625 g/mol. The van der Waals surface area contributed by atoms with Crippen LogP contribution in [0.15, 0.2) is 42.7 Å². The first-order valence-electron chi connectivity index (χ1n) is 14.0. The number of hydrogen-bond acceptors (Lipinski definition) is 6. The minimum atomic E-state index is -1.08. The number of imidazole rings is 1. The Bertz CT molecular complexity index is 1730. The summed E-state index contributed by atoms with van der Waals surface area (Å²) in [5, 5.41) is 7.09. The SMILES string of the molecule is COCCn1ncc(-c2ccc(-c3cnc(C(=O)Nc4ccc(C(=O)N5CCC(C=O)CC5)c(Cl)c4)n3C)c(F)c2F)c1C. The van der Waals surface area contributed by atoms with Crippen LogP contribution in [0, 0.1) is 24.5 Å². The number of rotatable bonds is 9. The summed E-state index contributed by atoms with van der Waals surface area (Å²) in [4.78, 5) is 42.8. The number of carbonyl (C=O) groups is 3. The topological polar surface area (TPSA) is 111 Å². The Kier molecular flexibility index (Phi) is 9.21. The van der Waals surface area contributed by atoms with Gasteiger partial charge in [-0.25, -0.2) is 13.8 Å². The number of nitrogens with zero attached hydrogens (tertiary/aromatic N) is 5. The molecule has 44 heavy (non-hydrogen) atoms. The molecule has 230 valence electrons. The molecule has 0 spiro atoms. The van der Waals surface area contributed by atoms with Crippen LogP contribution in [-0.4, -0.2) is 69.1 Å². The van der Waals surface area contributed by atoms with Crippen molar-refractivity contribution in [2.45, 2.75) is 26.3 Å². The average Bonchev–Trinajstić information content (AvgIpc) is 3.58. The van der Waals surface area contributed by atoms with E-state index in [0.29, 0.717) is 56.0 Å². The molecule has 0 bridgehead atoms. The smallest absolute Gasteiger partial charge is 0.291 e. The van der Waals surface area contributed by atoms with Gasteiger partial charge in [-0.05, 0) is 44.0 Å². The Morgan fingerprint density at radius 3 is 2.48 bits per heavy atom. The van der Waals surface area contributed by atoms with E-state index in [-0.39, 0.29) is 45.1 Å². The standard InChI is InChI=1S/C31H31ClF2N6O4/c1-18-24(15-36-40(18)12-13-44-3)21-6-7-23(28(34)27(21)33)26-16-35-29(38(26)2)30(42)37-20-4-5-22(25(32)14-20)31(43)39-10-8-19(17-41)9-11-39/h4-7,14-17,19H,8-13H2,1-3H3,(H,37,42). The largest absolute Gasteiger partial charge is 0.383 e. The molecule has 2 aromatic carbocycles. The van der Waals surface area contributed by atoms with Crippen molar-refractivity contribution in [3.05, 3.63) is 76.5 Å². The number of halogens is 3. The van der Waals surface area contributed by atoms with E-state index in [1.165, 1.54) is 48.3 Å². The maximum atomic E-state index is 15.4. The molecule has 10 nitrogen and oxygen atoms in total. The molecule has 0 radical (unpaired) electrons. The van der Waals surface area contributed by atoms with Crippen LogP contribution in [0.3, 0.4) is 0 Å². The van der Waals surface area contributed by atoms with Crippen LogP contribution in [0.2, 0.25) is 5.02 Å². The highest BCUT2D eigenvalue weighted by Gasteiger charge is 2.26. The lowest BCUT2D eigenvalue weighted by Gasteiger charge is -2.30. The molecule has 1 fully saturated rings. The van der Waals surface area contributed by atoms with Gasteiger partial charge in [-0.15, -0.1) is 0 Å². The van der Waals surface area contributed by atoms with E-state index < -0.39 is 17.5 Å². The maximum Gasteiger partial charge on any atom is 0.291 e. The lowest BCUT2D eigenvalue weighted by Crippen LogP contribution is -2.38. The van der Waals surface area contributed by atoms with Crippen LogP contribution in [-0.2, 0) is 23.1 Å². The number of ether oxygens (including phenoxy) is 1. The van der Waals surface area contributed by atoms with Gasteiger partial charge in [0, 0.05) is 61.2 Å². The molecule has 1 N–H and O–H groups in total. The third-order valence-corrected chi connectivity index (χ3v) is 8.24. The van der Waals surface area contributed by atoms with Crippen LogP contribution in [0.5, 0.6) is 0 Å². The number of benzene rings is 2. The number of aromatic nitrogens is 4. The molecule has 3 heterocycles. The lowest BCUT2D eigenvalue weighted by molar-refractivity contribution is -0.112. The Hall–Kier alpha value is -4.42. The summed E-state index contributed by atoms with van der Waals surface area (Å²) in [5.74, 6) is -3.07. The number of carbonyl (C=O) groups excluding carboxylic acids is 3. The highest BCUT2D eigenvalue weighted by Crippen LogP contribution is 2.33. The maximum absolute atomic E-state index is 15.4. The molecule has 4 aromatic rings. The van der Waals surface area contributed by atoms with Crippen LogP contribution in [0.4, 0.5) is 14.5 Å². The predicted octanol–water partition coefficient (Wildman–Crippen LogP) is 5.14. The summed E-state index contributed by atoms with van der Waals surface area (Å²) in [5.41, 5.74) is 1.94. The van der Waals surface area contributed by atoms with Gasteiger partial charge in [-0.2, -0.15) is 5.10 Å². The molecule has 1 aliphatic rings. The van der Waals surface area contributed by atoms with Crippen molar-refractivity contribution in [1.82, 2.24) is 24.2 Å². The molecular formula is C31H31ClF2N6O4. The molecule has 0 atom stereocenters. The second-order valence-corrected chi connectivity index (χ2v) is 11.0. The third-order valence-electron chi connectivity index (χ3n) is 7.93. The highest BCUT2D eigenvalue weighted by molar-refractivity contribution is 6.34. The first-order valence-corrected chi connectivity index (χ1v) is 14.4. The van der Waals surface area contributed by atoms with E-state index in [0.717, 1.165) is 6.29 Å². The van der Waals surface area contributed by atoms with Gasteiger partial charge in [0.05, 0.1) is 41.8 Å². The fourth-order valence-corrected chi connectivity index (χ4v) is 5.56. The van der Waals surface area contributed by atoms with Crippen LogP contribution in [0.25, 0.3) is 22.4 Å². The van der Waals surface area contributed by atoms with Gasteiger partial charge < -0.3 is 24.3 Å². The van der Waals surface area contributed by atoms with Gasteiger partial charge in [0.1, 0.15) is 6.29 Å². The van der Waals surface area contributed by atoms with Crippen molar-refractivity contribution in [2.75, 3.05) is 32.1 Å². The first kappa shape index (κ1) is 31.0. The predicted molar refractivity (Wildman–Crippen MR) is 160 cm³/mol. The second kappa shape index (κ2) is 13.1. The second-order valence-electron chi connectivity index (χ2n) is 10.6. The van der Waals surface area contributed by atoms with Gasteiger partial charge in [-0.3, -0.25) is 14.3 Å². The molecule has 1 aliphatic heterocycles. The number of methoxy groups -OCH3 is 1. The number of piperidine rings is 1. The monoisotopic (exact) mass is 624 g/mol. The molecule has 2 amide bonds. The van der Waals surface area contributed by atoms with Gasteiger partial charge in [0.2, 0.25) is 0 Å². The minimum Gasteiger partial charge on any atom is -0.383 e. The van der Waals surface area contributed by atoms with Crippen LogP contribution in [0.1, 0.15) is 39.5 Å². The molecule has 1 saturated heterocycles. The van der Waals surface area contributed by atoms with Crippen molar-refractivity contribution < 1.29 is 27.9 Å². The zero-order chi connectivity index (χ0) is 31.5. The number of likely N-dealkylation sites (tertiary alicyclic amines) is 1. The Labute approximate surface area is 257 Å². The molecule has 5 rings (SSSR count). The van der Waals surface area contributed by atoms with E-state index in [4.69, 9.17) is 16.3 Å². The summed E-state index contributed by atoms with van der Waals surface area (Å²) in [6.45, 7) is 3.60. The number of hydrogen-bond donors (Lipinski definition) is 1. The summed E-state index contributed by atoms with van der Waals surface area (Å²) in [6.07, 6.45) is 4.91. The Morgan fingerprint density at radius 1 is 1.09 bits per heavy atom. The normalized spacial score (nSPS) is 13.7. The molecular weight excluding hydrogens is 594 g/mol. The summed E-state index contributed by atoms with van der Waals surface area (Å²) >= 11 is 6.40. The summed E-state index contributed by atoms with van der Waals surface area (Å²) in [6, 6.07) is 7.45. The molecule has 0 saturated carbocycles. The quantitative estimate of drug-likeness (QED) is 0.258. The third kappa shape index (κ3) is 6.00. The number of aldehydes is 1. The van der Waals surface area contributed by atoms with Crippen molar-refractivity contribution in [3.8, 4) is 22.4 Å². The molecule has 13 heteroatoms. The van der Waals surface area contributed by atoms with E-state index in [9.17, 15) is 14.4 Å². The van der Waals surface area contributed by atoms with Crippen molar-refractivity contribution in [2.24, 2.45) is 13.0 Å². The van der Waals surface area contributed by atoms with Gasteiger partial charge in [0.15, 0.2) is 17.5 Å². The van der Waals surface area contributed by atoms with E-state index in [2.05, 4.69) is 15.4 Å². The number of anilines is 1. The molecule has 2 aromatic heterocycles. The minimum absolute atomic E-state index is 0.0414. The zero-order valence-electron chi connectivity index (χ0n) is 24.4. The van der Waals surface area contributed by atoms with Crippen molar-refractivity contribution in [1.29, 1.82) is 0 Å².